The number of nitrogens with one attached hydrogen (secondary N) is 1. The number of rotatable bonds is 7. The Morgan fingerprint density at radius 2 is 1.81 bits per heavy atom. The predicted molar refractivity (Wildman–Crippen MR) is 82.8 cm³/mol. The van der Waals surface area contributed by atoms with Crippen molar-refractivity contribution < 1.29 is 9.53 Å². The lowest BCUT2D eigenvalue weighted by Crippen LogP contribution is -2.20. The number of primary amides is 1. The van der Waals surface area contributed by atoms with E-state index in [2.05, 4.69) is 24.4 Å². The zero-order valence-electron chi connectivity index (χ0n) is 12.1. The topological polar surface area (TPSA) is 64.3 Å². The maximum Gasteiger partial charge on any atom is 0.255 e. The first-order chi connectivity index (χ1) is 10.1. The molecular weight excluding hydrogens is 264 g/mol. The second-order valence-electron chi connectivity index (χ2n) is 4.91. The van der Waals surface area contributed by atoms with Crippen molar-refractivity contribution in [1.29, 1.82) is 0 Å². The molecule has 0 radical (unpaired) electrons. The smallest absolute Gasteiger partial charge is 0.255 e. The standard InChI is InChI=1S/C17H20N2O2/c1-13(15-5-3-2-4-6-15)19-11-14-7-9-16(10-8-14)21-12-17(18)20/h2-10,13,19H,11-12H2,1H3,(H2,18,20)/t13-/m0/s1. The minimum absolute atomic E-state index is 0.0946. The Morgan fingerprint density at radius 1 is 1.14 bits per heavy atom. The van der Waals surface area contributed by atoms with Crippen LogP contribution in [0.25, 0.3) is 0 Å². The molecule has 0 heterocycles. The zero-order chi connectivity index (χ0) is 15.1. The van der Waals surface area contributed by atoms with Crippen molar-refractivity contribution in [3.05, 3.63) is 65.7 Å². The third-order valence-corrected chi connectivity index (χ3v) is 3.22. The average Bonchev–Trinajstić information content (AvgIpc) is 2.52. The van der Waals surface area contributed by atoms with Gasteiger partial charge < -0.3 is 15.8 Å². The highest BCUT2D eigenvalue weighted by Gasteiger charge is 2.04. The predicted octanol–water partition coefficient (Wildman–Crippen LogP) is 2.40. The van der Waals surface area contributed by atoms with E-state index >= 15 is 0 Å². The third kappa shape index (κ3) is 4.93. The number of carbonyl (C=O) groups excluding carboxylic acids is 1. The lowest BCUT2D eigenvalue weighted by Gasteiger charge is -2.14. The number of benzene rings is 2. The second kappa shape index (κ2) is 7.45. The fourth-order valence-electron chi connectivity index (χ4n) is 1.99. The van der Waals surface area contributed by atoms with Crippen molar-refractivity contribution in [1.82, 2.24) is 5.32 Å². The molecule has 0 fully saturated rings. The maximum atomic E-state index is 10.6. The lowest BCUT2D eigenvalue weighted by molar-refractivity contribution is -0.119. The van der Waals surface area contributed by atoms with Crippen molar-refractivity contribution in [2.75, 3.05) is 6.61 Å². The molecule has 21 heavy (non-hydrogen) atoms. The molecule has 0 saturated heterocycles. The number of hydrogen-bond acceptors (Lipinski definition) is 3. The highest BCUT2D eigenvalue weighted by molar-refractivity contribution is 5.75. The van der Waals surface area contributed by atoms with Gasteiger partial charge in [0.25, 0.3) is 5.91 Å². The molecule has 0 saturated carbocycles. The van der Waals surface area contributed by atoms with Gasteiger partial charge in [0.1, 0.15) is 5.75 Å². The van der Waals surface area contributed by atoms with Gasteiger partial charge in [0.15, 0.2) is 6.61 Å². The van der Waals surface area contributed by atoms with Gasteiger partial charge in [0.2, 0.25) is 0 Å². The second-order valence-corrected chi connectivity index (χ2v) is 4.91. The summed E-state index contributed by atoms with van der Waals surface area (Å²) in [5, 5.41) is 3.47. The monoisotopic (exact) mass is 284 g/mol. The number of carbonyl (C=O) groups is 1. The fraction of sp³-hybridized carbons (Fsp3) is 0.235. The summed E-state index contributed by atoms with van der Waals surface area (Å²) in [4.78, 5) is 10.6. The first-order valence-electron chi connectivity index (χ1n) is 6.93. The summed E-state index contributed by atoms with van der Waals surface area (Å²) >= 11 is 0. The van der Waals surface area contributed by atoms with Crippen molar-refractivity contribution in [3.63, 3.8) is 0 Å². The number of ether oxygens (including phenoxy) is 1. The molecule has 4 heteroatoms. The van der Waals surface area contributed by atoms with Gasteiger partial charge in [-0.15, -0.1) is 0 Å². The van der Waals surface area contributed by atoms with Gasteiger partial charge in [-0.25, -0.2) is 0 Å². The normalized spacial score (nSPS) is 11.9. The molecule has 0 bridgehead atoms. The number of amides is 1. The molecule has 0 aliphatic carbocycles. The molecule has 3 N–H and O–H groups in total. The molecule has 4 nitrogen and oxygen atoms in total. The van der Waals surface area contributed by atoms with Gasteiger partial charge in [0, 0.05) is 12.6 Å². The largest absolute Gasteiger partial charge is 0.484 e. The summed E-state index contributed by atoms with van der Waals surface area (Å²) in [5.74, 6) is 0.172. The average molecular weight is 284 g/mol. The molecule has 1 atom stereocenters. The van der Waals surface area contributed by atoms with E-state index in [0.717, 1.165) is 12.1 Å². The maximum absolute atomic E-state index is 10.6. The Hall–Kier alpha value is -2.33. The quantitative estimate of drug-likeness (QED) is 0.820. The van der Waals surface area contributed by atoms with Crippen molar-refractivity contribution in [2.45, 2.75) is 19.5 Å². The van der Waals surface area contributed by atoms with Gasteiger partial charge in [-0.1, -0.05) is 42.5 Å². The van der Waals surface area contributed by atoms with E-state index in [1.807, 2.05) is 42.5 Å². The molecule has 0 aromatic heterocycles. The Labute approximate surface area is 124 Å². The van der Waals surface area contributed by atoms with Crippen molar-refractivity contribution in [3.8, 4) is 5.75 Å². The van der Waals surface area contributed by atoms with Crippen LogP contribution in [-0.2, 0) is 11.3 Å². The molecule has 0 aliphatic rings. The minimum Gasteiger partial charge on any atom is -0.484 e. The molecule has 0 unspecified atom stereocenters. The zero-order valence-corrected chi connectivity index (χ0v) is 12.1. The van der Waals surface area contributed by atoms with Crippen molar-refractivity contribution >= 4 is 5.91 Å². The molecule has 2 aromatic carbocycles. The van der Waals surface area contributed by atoms with Crippen LogP contribution in [0, 0.1) is 0 Å². The Morgan fingerprint density at radius 3 is 2.43 bits per heavy atom. The number of nitrogens with two attached hydrogens (primary N) is 1. The van der Waals surface area contributed by atoms with Gasteiger partial charge in [-0.05, 0) is 30.2 Å². The highest BCUT2D eigenvalue weighted by atomic mass is 16.5. The third-order valence-electron chi connectivity index (χ3n) is 3.22. The van der Waals surface area contributed by atoms with E-state index in [1.54, 1.807) is 0 Å². The van der Waals surface area contributed by atoms with E-state index in [9.17, 15) is 4.79 Å². The first kappa shape index (κ1) is 15.1. The summed E-state index contributed by atoms with van der Waals surface area (Å²) in [6, 6.07) is 18.2. The fourth-order valence-corrected chi connectivity index (χ4v) is 1.99. The van der Waals surface area contributed by atoms with Crippen LogP contribution in [0.3, 0.4) is 0 Å². The Balaban J connectivity index is 1.85. The molecule has 0 aliphatic heterocycles. The minimum atomic E-state index is -0.475. The van der Waals surface area contributed by atoms with Crippen LogP contribution >= 0.6 is 0 Å². The molecule has 2 aromatic rings. The molecule has 1 amide bonds. The highest BCUT2D eigenvalue weighted by Crippen LogP contribution is 2.15. The molecule has 110 valence electrons. The van der Waals surface area contributed by atoms with Crippen LogP contribution < -0.4 is 15.8 Å². The van der Waals surface area contributed by atoms with Gasteiger partial charge in [-0.3, -0.25) is 4.79 Å². The Kier molecular flexibility index (Phi) is 5.35. The van der Waals surface area contributed by atoms with Crippen LogP contribution in [0.2, 0.25) is 0 Å². The van der Waals surface area contributed by atoms with Crippen LogP contribution in [0.5, 0.6) is 5.75 Å². The van der Waals surface area contributed by atoms with E-state index < -0.39 is 5.91 Å². The summed E-state index contributed by atoms with van der Waals surface area (Å²) in [6.07, 6.45) is 0. The summed E-state index contributed by atoms with van der Waals surface area (Å²) < 4.78 is 5.22. The molecular formula is C17H20N2O2. The van der Waals surface area contributed by atoms with Crippen LogP contribution in [0.1, 0.15) is 24.1 Å². The summed E-state index contributed by atoms with van der Waals surface area (Å²) in [6.45, 7) is 2.81. The van der Waals surface area contributed by atoms with Crippen LogP contribution in [0.15, 0.2) is 54.6 Å². The lowest BCUT2D eigenvalue weighted by atomic mass is 10.1. The summed E-state index contributed by atoms with van der Waals surface area (Å²) in [7, 11) is 0. The SMILES string of the molecule is C[C@H](NCc1ccc(OCC(N)=O)cc1)c1ccccc1. The van der Waals surface area contributed by atoms with Gasteiger partial charge in [0.05, 0.1) is 0 Å². The van der Waals surface area contributed by atoms with E-state index in [4.69, 9.17) is 10.5 Å². The summed E-state index contributed by atoms with van der Waals surface area (Å²) in [5.41, 5.74) is 7.45. The van der Waals surface area contributed by atoms with E-state index in [0.29, 0.717) is 5.75 Å². The van der Waals surface area contributed by atoms with Gasteiger partial charge >= 0.3 is 0 Å². The van der Waals surface area contributed by atoms with Crippen molar-refractivity contribution in [2.24, 2.45) is 5.73 Å². The van der Waals surface area contributed by atoms with Gasteiger partial charge in [-0.2, -0.15) is 0 Å². The van der Waals surface area contributed by atoms with Crippen LogP contribution in [0.4, 0.5) is 0 Å². The van der Waals surface area contributed by atoms with E-state index in [1.165, 1.54) is 5.56 Å². The Bertz CT molecular complexity index is 567. The molecule has 2 rings (SSSR count). The first-order valence-corrected chi connectivity index (χ1v) is 6.93. The van der Waals surface area contributed by atoms with Crippen LogP contribution in [-0.4, -0.2) is 12.5 Å². The number of hydrogen-bond donors (Lipinski definition) is 2. The van der Waals surface area contributed by atoms with E-state index in [-0.39, 0.29) is 12.6 Å². The molecule has 0 spiro atoms.